The molecular formula is C16H18N2O3. The molecule has 0 aromatic heterocycles. The predicted molar refractivity (Wildman–Crippen MR) is 81.0 cm³/mol. The van der Waals surface area contributed by atoms with Gasteiger partial charge in [-0.3, -0.25) is 4.79 Å². The Morgan fingerprint density at radius 1 is 1.05 bits per heavy atom. The lowest BCUT2D eigenvalue weighted by atomic mass is 10.1. The SMILES string of the molecule is NC(=O)c1ccc(COCCOc2ccccc2)c(N)c1. The number of anilines is 1. The number of hydrogen-bond acceptors (Lipinski definition) is 4. The van der Waals surface area contributed by atoms with E-state index in [1.807, 2.05) is 30.3 Å². The van der Waals surface area contributed by atoms with Crippen molar-refractivity contribution >= 4 is 11.6 Å². The minimum atomic E-state index is -0.495. The molecule has 0 heterocycles. The summed E-state index contributed by atoms with van der Waals surface area (Å²) in [7, 11) is 0. The molecule has 5 heteroatoms. The van der Waals surface area contributed by atoms with E-state index < -0.39 is 5.91 Å². The summed E-state index contributed by atoms with van der Waals surface area (Å²) < 4.78 is 11.0. The zero-order valence-corrected chi connectivity index (χ0v) is 11.6. The van der Waals surface area contributed by atoms with Crippen molar-refractivity contribution in [3.8, 4) is 5.75 Å². The van der Waals surface area contributed by atoms with Gasteiger partial charge in [-0.1, -0.05) is 24.3 Å². The average molecular weight is 286 g/mol. The lowest BCUT2D eigenvalue weighted by Gasteiger charge is -2.09. The third kappa shape index (κ3) is 4.50. The van der Waals surface area contributed by atoms with Gasteiger partial charge >= 0.3 is 0 Å². The smallest absolute Gasteiger partial charge is 0.248 e. The molecule has 0 aliphatic rings. The van der Waals surface area contributed by atoms with Crippen LogP contribution in [0.3, 0.4) is 0 Å². The van der Waals surface area contributed by atoms with Gasteiger partial charge in [-0.05, 0) is 24.3 Å². The summed E-state index contributed by atoms with van der Waals surface area (Å²) >= 11 is 0. The van der Waals surface area contributed by atoms with Crippen LogP contribution in [0.2, 0.25) is 0 Å². The minimum Gasteiger partial charge on any atom is -0.491 e. The van der Waals surface area contributed by atoms with E-state index in [1.54, 1.807) is 18.2 Å². The van der Waals surface area contributed by atoms with Crippen LogP contribution in [0.15, 0.2) is 48.5 Å². The molecule has 4 N–H and O–H groups in total. The van der Waals surface area contributed by atoms with Crippen LogP contribution in [-0.2, 0) is 11.3 Å². The van der Waals surface area contributed by atoms with Crippen molar-refractivity contribution < 1.29 is 14.3 Å². The van der Waals surface area contributed by atoms with Gasteiger partial charge in [0.2, 0.25) is 5.91 Å². The Labute approximate surface area is 123 Å². The fourth-order valence-electron chi connectivity index (χ4n) is 1.80. The Balaban J connectivity index is 1.75. The van der Waals surface area contributed by atoms with Crippen molar-refractivity contribution in [2.45, 2.75) is 6.61 Å². The van der Waals surface area contributed by atoms with Gasteiger partial charge < -0.3 is 20.9 Å². The molecule has 0 aliphatic carbocycles. The monoisotopic (exact) mass is 286 g/mol. The van der Waals surface area contributed by atoms with Crippen molar-refractivity contribution in [3.05, 3.63) is 59.7 Å². The van der Waals surface area contributed by atoms with E-state index in [-0.39, 0.29) is 0 Å². The first kappa shape index (κ1) is 14.9. The highest BCUT2D eigenvalue weighted by atomic mass is 16.5. The quantitative estimate of drug-likeness (QED) is 0.601. The maximum absolute atomic E-state index is 11.0. The van der Waals surface area contributed by atoms with Crippen molar-refractivity contribution in [1.82, 2.24) is 0 Å². The van der Waals surface area contributed by atoms with Crippen molar-refractivity contribution in [1.29, 1.82) is 0 Å². The standard InChI is InChI=1S/C16H18N2O3/c17-15-10-12(16(18)19)6-7-13(15)11-20-8-9-21-14-4-2-1-3-5-14/h1-7,10H,8-9,11,17H2,(H2,18,19). The molecule has 0 radical (unpaired) electrons. The Kier molecular flexibility index (Phi) is 5.17. The van der Waals surface area contributed by atoms with E-state index in [0.29, 0.717) is 31.1 Å². The molecule has 2 aromatic carbocycles. The molecule has 2 aromatic rings. The maximum Gasteiger partial charge on any atom is 0.248 e. The van der Waals surface area contributed by atoms with Crippen LogP contribution in [-0.4, -0.2) is 19.1 Å². The van der Waals surface area contributed by atoms with Crippen LogP contribution in [0.4, 0.5) is 5.69 Å². The van der Waals surface area contributed by atoms with Crippen LogP contribution in [0.5, 0.6) is 5.75 Å². The molecule has 0 saturated carbocycles. The third-order valence-electron chi connectivity index (χ3n) is 2.93. The first-order valence-corrected chi connectivity index (χ1v) is 6.60. The van der Waals surface area contributed by atoms with Gasteiger partial charge in [-0.2, -0.15) is 0 Å². The van der Waals surface area contributed by atoms with Crippen LogP contribution >= 0.6 is 0 Å². The molecule has 0 unspecified atom stereocenters. The molecule has 1 amide bonds. The number of rotatable bonds is 7. The second-order valence-corrected chi connectivity index (χ2v) is 4.49. The first-order valence-electron chi connectivity index (χ1n) is 6.60. The predicted octanol–water partition coefficient (Wildman–Crippen LogP) is 1.96. The van der Waals surface area contributed by atoms with E-state index in [4.69, 9.17) is 20.9 Å². The number of carbonyl (C=O) groups excluding carboxylic acids is 1. The lowest BCUT2D eigenvalue weighted by Crippen LogP contribution is -2.12. The highest BCUT2D eigenvalue weighted by Crippen LogP contribution is 2.15. The molecule has 0 fully saturated rings. The summed E-state index contributed by atoms with van der Waals surface area (Å²) in [4.78, 5) is 11.0. The normalized spacial score (nSPS) is 10.3. The molecule has 0 atom stereocenters. The Bertz CT molecular complexity index is 600. The van der Waals surface area contributed by atoms with Crippen molar-refractivity contribution in [2.75, 3.05) is 18.9 Å². The largest absolute Gasteiger partial charge is 0.491 e. The Morgan fingerprint density at radius 2 is 1.81 bits per heavy atom. The van der Waals surface area contributed by atoms with Crippen LogP contribution in [0, 0.1) is 0 Å². The summed E-state index contributed by atoms with van der Waals surface area (Å²) in [6, 6.07) is 14.5. The topological polar surface area (TPSA) is 87.6 Å². The maximum atomic E-state index is 11.0. The van der Waals surface area contributed by atoms with Gasteiger partial charge in [0.15, 0.2) is 0 Å². The van der Waals surface area contributed by atoms with Crippen LogP contribution in [0.25, 0.3) is 0 Å². The van der Waals surface area contributed by atoms with Gasteiger partial charge in [-0.25, -0.2) is 0 Å². The van der Waals surface area contributed by atoms with Gasteiger partial charge in [0.05, 0.1) is 13.2 Å². The van der Waals surface area contributed by atoms with Crippen molar-refractivity contribution in [3.63, 3.8) is 0 Å². The lowest BCUT2D eigenvalue weighted by molar-refractivity contribution is 0.0892. The number of nitrogen functional groups attached to an aromatic ring is 1. The van der Waals surface area contributed by atoms with Crippen molar-refractivity contribution in [2.24, 2.45) is 5.73 Å². The molecule has 5 nitrogen and oxygen atoms in total. The molecule has 0 spiro atoms. The summed E-state index contributed by atoms with van der Waals surface area (Å²) in [5.74, 6) is 0.317. The highest BCUT2D eigenvalue weighted by molar-refractivity contribution is 5.93. The number of carbonyl (C=O) groups is 1. The summed E-state index contributed by atoms with van der Waals surface area (Å²) in [6.07, 6.45) is 0. The second-order valence-electron chi connectivity index (χ2n) is 4.49. The van der Waals surface area contributed by atoms with E-state index in [0.717, 1.165) is 11.3 Å². The molecule has 0 bridgehead atoms. The third-order valence-corrected chi connectivity index (χ3v) is 2.93. The van der Waals surface area contributed by atoms with E-state index >= 15 is 0 Å². The second kappa shape index (κ2) is 7.31. The number of benzene rings is 2. The zero-order valence-electron chi connectivity index (χ0n) is 11.6. The fraction of sp³-hybridized carbons (Fsp3) is 0.188. The molecule has 0 aliphatic heterocycles. The highest BCUT2D eigenvalue weighted by Gasteiger charge is 2.05. The molecule has 0 saturated heterocycles. The molecule has 2 rings (SSSR count). The number of ether oxygens (including phenoxy) is 2. The summed E-state index contributed by atoms with van der Waals surface area (Å²) in [6.45, 7) is 1.28. The number of hydrogen-bond donors (Lipinski definition) is 2. The average Bonchev–Trinajstić information content (AvgIpc) is 2.49. The number of primary amides is 1. The first-order chi connectivity index (χ1) is 10.2. The van der Waals surface area contributed by atoms with Crippen LogP contribution in [0.1, 0.15) is 15.9 Å². The number of nitrogens with two attached hydrogens (primary N) is 2. The zero-order chi connectivity index (χ0) is 15.1. The molecule has 110 valence electrons. The molecular weight excluding hydrogens is 268 g/mol. The minimum absolute atomic E-state index is 0.364. The van der Waals surface area contributed by atoms with E-state index in [2.05, 4.69) is 0 Å². The van der Waals surface area contributed by atoms with Crippen LogP contribution < -0.4 is 16.2 Å². The summed E-state index contributed by atoms with van der Waals surface area (Å²) in [5.41, 5.74) is 12.7. The van der Waals surface area contributed by atoms with E-state index in [9.17, 15) is 4.79 Å². The fourth-order valence-corrected chi connectivity index (χ4v) is 1.80. The number of para-hydroxylation sites is 1. The van der Waals surface area contributed by atoms with E-state index in [1.165, 1.54) is 0 Å². The van der Waals surface area contributed by atoms with Gasteiger partial charge in [0, 0.05) is 16.8 Å². The summed E-state index contributed by atoms with van der Waals surface area (Å²) in [5, 5.41) is 0. The molecule has 21 heavy (non-hydrogen) atoms. The van der Waals surface area contributed by atoms with Gasteiger partial charge in [0.25, 0.3) is 0 Å². The Hall–Kier alpha value is -2.53. The van der Waals surface area contributed by atoms with Gasteiger partial charge in [0.1, 0.15) is 12.4 Å². The van der Waals surface area contributed by atoms with Gasteiger partial charge in [-0.15, -0.1) is 0 Å². The Morgan fingerprint density at radius 3 is 2.48 bits per heavy atom. The number of amides is 1.